The molecule has 0 spiro atoms. The summed E-state index contributed by atoms with van der Waals surface area (Å²) in [6.45, 7) is 4.01. The summed E-state index contributed by atoms with van der Waals surface area (Å²) in [5, 5.41) is 16.6. The van der Waals surface area contributed by atoms with Crippen LogP contribution in [0.25, 0.3) is 0 Å². The number of allylic oxidation sites excluding steroid dienone is 2. The number of halogens is 5. The summed E-state index contributed by atoms with van der Waals surface area (Å²) in [5.41, 5.74) is 0.684. The summed E-state index contributed by atoms with van der Waals surface area (Å²) in [7, 11) is -9.77. The summed E-state index contributed by atoms with van der Waals surface area (Å²) < 4.78 is 64.5. The topological polar surface area (TPSA) is 77.0 Å². The largest absolute Gasteiger partial charge is 0.383 e. The van der Waals surface area contributed by atoms with Crippen molar-refractivity contribution < 1.29 is 29.3 Å². The van der Waals surface area contributed by atoms with Crippen LogP contribution >= 0.6 is 10.2 Å². The van der Waals surface area contributed by atoms with Crippen LogP contribution in [0.15, 0.2) is 57.7 Å². The summed E-state index contributed by atoms with van der Waals surface area (Å²) in [4.78, 5) is 16.7. The fraction of sp³-hybridized carbons (Fsp3) is 0.429. The van der Waals surface area contributed by atoms with Gasteiger partial charge in [-0.15, -0.1) is 0 Å². The normalized spacial score (nSPS) is 23.8. The highest BCUT2D eigenvalue weighted by Crippen LogP contribution is 3.02. The molecule has 1 saturated heterocycles. The van der Waals surface area contributed by atoms with Gasteiger partial charge in [0.25, 0.3) is 5.91 Å². The van der Waals surface area contributed by atoms with E-state index in [1.165, 1.54) is 4.90 Å². The van der Waals surface area contributed by atoms with Crippen LogP contribution in [0.5, 0.6) is 0 Å². The van der Waals surface area contributed by atoms with Crippen molar-refractivity contribution in [3.05, 3.63) is 53.4 Å². The van der Waals surface area contributed by atoms with Crippen LogP contribution in [0, 0.1) is 5.92 Å². The Labute approximate surface area is 188 Å². The number of dihydropyridines is 1. The SMILES string of the molecule is CC(C)(O)C1=NC2NC=CC(C3CCN(C(=O)c4ccc(S(F)(F)(F)(F)F)cc4)CC3)=C2N1. The minimum Gasteiger partial charge on any atom is -0.383 e. The second kappa shape index (κ2) is 6.95. The van der Waals surface area contributed by atoms with Crippen LogP contribution in [0.4, 0.5) is 19.4 Å². The molecule has 3 aliphatic rings. The quantitative estimate of drug-likeness (QED) is 0.534. The maximum Gasteiger partial charge on any atom is 0.310 e. The van der Waals surface area contributed by atoms with Gasteiger partial charge in [-0.1, -0.05) is 19.4 Å². The van der Waals surface area contributed by atoms with Gasteiger partial charge in [-0.2, -0.15) is 0 Å². The van der Waals surface area contributed by atoms with Gasteiger partial charge in [0.15, 0.2) is 6.17 Å². The van der Waals surface area contributed by atoms with Gasteiger partial charge in [-0.3, -0.25) is 4.79 Å². The van der Waals surface area contributed by atoms with E-state index < -0.39 is 26.6 Å². The molecular weight excluding hydrogens is 467 g/mol. The number of aliphatic hydroxyl groups is 1. The highest BCUT2D eigenvalue weighted by Gasteiger charge is 2.65. The van der Waals surface area contributed by atoms with Crippen LogP contribution in [-0.2, 0) is 0 Å². The van der Waals surface area contributed by atoms with Gasteiger partial charge in [-0.25, -0.2) is 4.99 Å². The third-order valence-corrected chi connectivity index (χ3v) is 7.12. The first kappa shape index (κ1) is 23.6. The van der Waals surface area contributed by atoms with Crippen molar-refractivity contribution in [3.63, 3.8) is 0 Å². The van der Waals surface area contributed by atoms with E-state index >= 15 is 0 Å². The van der Waals surface area contributed by atoms with Gasteiger partial charge >= 0.3 is 10.2 Å². The monoisotopic (exact) mass is 492 g/mol. The van der Waals surface area contributed by atoms with Gasteiger partial charge in [0, 0.05) is 18.7 Å². The molecular formula is C21H25F5N4O2S. The Morgan fingerprint density at radius 2 is 1.73 bits per heavy atom. The zero-order valence-electron chi connectivity index (χ0n) is 18.0. The standard InChI is InChI=1S/C21H25F5N4O2S/c1-21(2,32)20-28-17-16(7-10-27-18(17)29-20)13-8-11-30(12-9-13)19(31)14-3-5-15(6-4-14)33(22,23,24,25)26/h3-7,10,13,18,27,32H,8-9,11-12H2,1-2H3,(H,28,29). The number of piperidine rings is 1. The lowest BCUT2D eigenvalue weighted by Gasteiger charge is -2.40. The molecule has 3 aliphatic heterocycles. The average Bonchev–Trinajstić information content (AvgIpc) is 3.17. The first-order chi connectivity index (χ1) is 15.0. The highest BCUT2D eigenvalue weighted by atomic mass is 32.5. The van der Waals surface area contributed by atoms with Crippen LogP contribution in [0.3, 0.4) is 0 Å². The first-order valence-corrected chi connectivity index (χ1v) is 12.4. The summed E-state index contributed by atoms with van der Waals surface area (Å²) in [5.74, 6) is 0.0771. The van der Waals surface area contributed by atoms with Crippen molar-refractivity contribution >= 4 is 22.0 Å². The average molecular weight is 493 g/mol. The van der Waals surface area contributed by atoms with Crippen molar-refractivity contribution in [2.75, 3.05) is 13.1 Å². The molecule has 1 fully saturated rings. The number of nitrogens with one attached hydrogen (secondary N) is 2. The van der Waals surface area contributed by atoms with E-state index in [-0.39, 0.29) is 29.8 Å². The molecule has 1 aromatic rings. The Hall–Kier alpha value is -2.60. The molecule has 1 unspecified atom stereocenters. The molecule has 0 radical (unpaired) electrons. The molecule has 0 aliphatic carbocycles. The van der Waals surface area contributed by atoms with Gasteiger partial charge < -0.3 is 20.6 Å². The maximum atomic E-state index is 12.9. The third kappa shape index (κ3) is 4.86. The molecule has 0 bridgehead atoms. The smallest absolute Gasteiger partial charge is 0.310 e. The van der Waals surface area contributed by atoms with Crippen molar-refractivity contribution in [2.24, 2.45) is 10.9 Å². The van der Waals surface area contributed by atoms with Crippen LogP contribution in [0.2, 0.25) is 0 Å². The molecule has 3 heterocycles. The number of nitrogens with zero attached hydrogens (tertiary/aromatic N) is 2. The number of amidine groups is 1. The lowest BCUT2D eigenvalue weighted by Crippen LogP contribution is -2.42. The molecule has 1 aromatic carbocycles. The Bertz CT molecular complexity index is 1070. The van der Waals surface area contributed by atoms with E-state index in [0.717, 1.165) is 23.4 Å². The van der Waals surface area contributed by atoms with E-state index in [4.69, 9.17) is 0 Å². The Kier molecular flexibility index (Phi) is 4.96. The number of benzene rings is 1. The molecule has 0 saturated carbocycles. The van der Waals surface area contributed by atoms with E-state index in [9.17, 15) is 29.3 Å². The number of amides is 1. The molecule has 1 amide bonds. The number of fused-ring (bicyclic) bond motifs is 1. The molecule has 4 rings (SSSR count). The van der Waals surface area contributed by atoms with Gasteiger partial charge in [0.2, 0.25) is 0 Å². The lowest BCUT2D eigenvalue weighted by atomic mass is 9.86. The Morgan fingerprint density at radius 1 is 1.12 bits per heavy atom. The first-order valence-electron chi connectivity index (χ1n) is 10.4. The van der Waals surface area contributed by atoms with Crippen LogP contribution < -0.4 is 10.6 Å². The molecule has 182 valence electrons. The molecule has 1 atom stereocenters. The number of carbonyl (C=O) groups is 1. The molecule has 0 aromatic heterocycles. The van der Waals surface area contributed by atoms with E-state index in [1.807, 2.05) is 6.08 Å². The van der Waals surface area contributed by atoms with E-state index in [2.05, 4.69) is 15.6 Å². The van der Waals surface area contributed by atoms with Crippen molar-refractivity contribution in [1.29, 1.82) is 0 Å². The predicted molar refractivity (Wildman–Crippen MR) is 116 cm³/mol. The number of hydrogen-bond acceptors (Lipinski definition) is 5. The number of likely N-dealkylation sites (tertiary alicyclic amines) is 1. The zero-order valence-corrected chi connectivity index (χ0v) is 18.8. The maximum absolute atomic E-state index is 12.9. The van der Waals surface area contributed by atoms with Gasteiger partial charge in [-0.05, 0) is 74.7 Å². The van der Waals surface area contributed by atoms with E-state index in [0.29, 0.717) is 31.8 Å². The molecule has 12 heteroatoms. The van der Waals surface area contributed by atoms with E-state index in [1.54, 1.807) is 20.0 Å². The van der Waals surface area contributed by atoms with Crippen molar-refractivity contribution in [1.82, 2.24) is 15.5 Å². The summed E-state index contributed by atoms with van der Waals surface area (Å²) in [6.07, 6.45) is 4.64. The Morgan fingerprint density at radius 3 is 2.27 bits per heavy atom. The van der Waals surface area contributed by atoms with Gasteiger partial charge in [0.1, 0.15) is 16.3 Å². The zero-order chi connectivity index (χ0) is 24.3. The summed E-state index contributed by atoms with van der Waals surface area (Å²) in [6, 6.07) is 2.12. The fourth-order valence-electron chi connectivity index (χ4n) is 4.19. The second-order valence-electron chi connectivity index (χ2n) is 8.99. The number of rotatable bonds is 4. The number of hydrogen-bond donors (Lipinski definition) is 3. The van der Waals surface area contributed by atoms with Gasteiger partial charge in [0.05, 0.1) is 5.70 Å². The number of carbonyl (C=O) groups excluding carboxylic acids is 1. The fourth-order valence-corrected chi connectivity index (χ4v) is 4.84. The summed E-state index contributed by atoms with van der Waals surface area (Å²) >= 11 is 0. The molecule has 33 heavy (non-hydrogen) atoms. The second-order valence-corrected chi connectivity index (χ2v) is 11.4. The predicted octanol–water partition coefficient (Wildman–Crippen LogP) is 4.67. The number of aliphatic imine (C=N–C) groups is 1. The molecule has 3 N–H and O–H groups in total. The van der Waals surface area contributed by atoms with Crippen LogP contribution in [0.1, 0.15) is 37.0 Å². The lowest BCUT2D eigenvalue weighted by molar-refractivity contribution is 0.0702. The third-order valence-electron chi connectivity index (χ3n) is 5.96. The minimum atomic E-state index is -9.77. The molecule has 6 nitrogen and oxygen atoms in total. The Balaban J connectivity index is 1.43. The van der Waals surface area contributed by atoms with Crippen molar-refractivity contribution in [3.8, 4) is 0 Å². The highest BCUT2D eigenvalue weighted by molar-refractivity contribution is 8.45. The minimum absolute atomic E-state index is 0.0661. The van der Waals surface area contributed by atoms with Crippen molar-refractivity contribution in [2.45, 2.75) is 43.4 Å². The van der Waals surface area contributed by atoms with Crippen LogP contribution in [-0.4, -0.2) is 46.6 Å².